The van der Waals surface area contributed by atoms with Gasteiger partial charge in [0.05, 0.1) is 5.52 Å². The number of amides is 2. The van der Waals surface area contributed by atoms with Gasteiger partial charge in [-0.1, -0.05) is 6.58 Å². The molecule has 0 aliphatic rings. The predicted octanol–water partition coefficient (Wildman–Crippen LogP) is 3.04. The fraction of sp³-hybridized carbons (Fsp3) is 0.100. The molecule has 1 heterocycles. The number of ether oxygens (including phenoxy) is 2. The van der Waals surface area contributed by atoms with Crippen LogP contribution in [0.3, 0.4) is 0 Å². The maximum atomic E-state index is 11.5. The Labute approximate surface area is 161 Å². The van der Waals surface area contributed by atoms with Crippen LogP contribution in [0.1, 0.15) is 5.56 Å². The largest absolute Gasteiger partial charge is 0.457 e. The van der Waals surface area contributed by atoms with Crippen molar-refractivity contribution < 1.29 is 19.1 Å². The monoisotopic (exact) mass is 380 g/mol. The number of carbonyl (C=O) groups excluding carboxylic acids is 2. The zero-order valence-corrected chi connectivity index (χ0v) is 15.2. The molecule has 8 nitrogen and oxygen atoms in total. The lowest BCUT2D eigenvalue weighted by atomic mass is 10.1. The first-order valence-electron chi connectivity index (χ1n) is 8.39. The lowest BCUT2D eigenvalue weighted by molar-refractivity contribution is -0.119. The number of benzene rings is 2. The normalized spacial score (nSPS) is 10.5. The first-order chi connectivity index (χ1) is 13.5. The van der Waals surface area contributed by atoms with E-state index in [1.54, 1.807) is 36.4 Å². The van der Waals surface area contributed by atoms with Crippen molar-refractivity contribution in [3.05, 3.63) is 54.6 Å². The van der Waals surface area contributed by atoms with E-state index in [9.17, 15) is 9.59 Å². The SMILES string of the molecule is C=C(N)c1c(NC=O)[nH]c2cc(Oc3ccc(NC(=O)COC)cc3)ccc12. The van der Waals surface area contributed by atoms with Crippen LogP contribution in [0.25, 0.3) is 16.6 Å². The lowest BCUT2D eigenvalue weighted by Crippen LogP contribution is -2.16. The molecule has 8 heteroatoms. The number of hydrogen-bond acceptors (Lipinski definition) is 5. The van der Waals surface area contributed by atoms with E-state index in [1.165, 1.54) is 7.11 Å². The molecule has 0 spiro atoms. The van der Waals surface area contributed by atoms with Crippen LogP contribution in [0.15, 0.2) is 49.0 Å². The van der Waals surface area contributed by atoms with Crippen LogP contribution < -0.4 is 21.1 Å². The van der Waals surface area contributed by atoms with Gasteiger partial charge in [-0.3, -0.25) is 9.59 Å². The molecule has 0 atom stereocenters. The summed E-state index contributed by atoms with van der Waals surface area (Å²) >= 11 is 0. The second-order valence-electron chi connectivity index (χ2n) is 5.98. The maximum Gasteiger partial charge on any atom is 0.250 e. The van der Waals surface area contributed by atoms with E-state index in [0.29, 0.717) is 40.7 Å². The Morgan fingerprint density at radius 2 is 1.93 bits per heavy atom. The Morgan fingerprint density at radius 1 is 1.21 bits per heavy atom. The Kier molecular flexibility index (Phi) is 5.61. The topological polar surface area (TPSA) is 118 Å². The molecule has 0 aliphatic heterocycles. The zero-order valence-electron chi connectivity index (χ0n) is 15.2. The molecule has 0 unspecified atom stereocenters. The molecule has 0 fully saturated rings. The number of aromatic amines is 1. The van der Waals surface area contributed by atoms with Crippen LogP contribution in [-0.2, 0) is 14.3 Å². The standard InChI is InChI=1S/C20H20N4O4/c1-12(21)19-16-8-7-15(9-17(16)24-20(19)22-11-25)28-14-5-3-13(4-6-14)23-18(26)10-27-2/h3-9,11,24H,1,10,21H2,2H3,(H,22,25)(H,23,26). The number of H-pyrrole nitrogens is 1. The van der Waals surface area contributed by atoms with Crippen molar-refractivity contribution in [2.45, 2.75) is 0 Å². The van der Waals surface area contributed by atoms with Crippen LogP contribution in [0.5, 0.6) is 11.5 Å². The average Bonchev–Trinajstić information content (AvgIpc) is 3.01. The third-order valence-electron chi connectivity index (χ3n) is 3.94. The minimum Gasteiger partial charge on any atom is -0.457 e. The summed E-state index contributed by atoms with van der Waals surface area (Å²) in [6.45, 7) is 3.75. The van der Waals surface area contributed by atoms with Gasteiger partial charge in [-0.2, -0.15) is 0 Å². The molecule has 2 aromatic carbocycles. The molecular formula is C20H20N4O4. The van der Waals surface area contributed by atoms with Gasteiger partial charge in [0.15, 0.2) is 0 Å². The zero-order chi connectivity index (χ0) is 20.1. The van der Waals surface area contributed by atoms with Crippen LogP contribution in [-0.4, -0.2) is 31.0 Å². The third-order valence-corrected chi connectivity index (χ3v) is 3.94. The summed E-state index contributed by atoms with van der Waals surface area (Å²) < 4.78 is 10.6. The summed E-state index contributed by atoms with van der Waals surface area (Å²) in [7, 11) is 1.46. The molecule has 0 saturated heterocycles. The van der Waals surface area contributed by atoms with Gasteiger partial charge in [0.2, 0.25) is 12.3 Å². The van der Waals surface area contributed by atoms with Crippen molar-refractivity contribution in [2.75, 3.05) is 24.4 Å². The van der Waals surface area contributed by atoms with Gasteiger partial charge in [0, 0.05) is 35.5 Å². The number of methoxy groups -OCH3 is 1. The van der Waals surface area contributed by atoms with E-state index in [-0.39, 0.29) is 12.5 Å². The second-order valence-corrected chi connectivity index (χ2v) is 5.98. The Bertz CT molecular complexity index is 1020. The molecule has 144 valence electrons. The first kappa shape index (κ1) is 19.0. The van der Waals surface area contributed by atoms with E-state index < -0.39 is 0 Å². The minimum atomic E-state index is -0.231. The van der Waals surface area contributed by atoms with Crippen molar-refractivity contribution in [1.82, 2.24) is 4.98 Å². The van der Waals surface area contributed by atoms with Crippen molar-refractivity contribution >= 4 is 40.4 Å². The summed E-state index contributed by atoms with van der Waals surface area (Å²) in [4.78, 5) is 25.4. The number of carbonyl (C=O) groups is 2. The van der Waals surface area contributed by atoms with E-state index in [0.717, 1.165) is 10.9 Å². The number of aromatic nitrogens is 1. The van der Waals surface area contributed by atoms with E-state index in [1.807, 2.05) is 6.07 Å². The predicted molar refractivity (Wildman–Crippen MR) is 108 cm³/mol. The highest BCUT2D eigenvalue weighted by Gasteiger charge is 2.13. The fourth-order valence-electron chi connectivity index (χ4n) is 2.81. The molecule has 1 aromatic heterocycles. The van der Waals surface area contributed by atoms with E-state index >= 15 is 0 Å². The lowest BCUT2D eigenvalue weighted by Gasteiger charge is -2.08. The summed E-state index contributed by atoms with van der Waals surface area (Å²) in [5, 5.41) is 6.12. The maximum absolute atomic E-state index is 11.5. The molecular weight excluding hydrogens is 360 g/mol. The van der Waals surface area contributed by atoms with Crippen molar-refractivity contribution in [1.29, 1.82) is 0 Å². The summed E-state index contributed by atoms with van der Waals surface area (Å²) in [5.74, 6) is 1.44. The molecule has 2 amide bonds. The number of rotatable bonds is 8. The molecule has 0 aliphatic carbocycles. The molecule has 3 rings (SSSR count). The highest BCUT2D eigenvalue weighted by molar-refractivity contribution is 6.00. The number of hydrogen-bond donors (Lipinski definition) is 4. The van der Waals surface area contributed by atoms with E-state index in [4.69, 9.17) is 15.2 Å². The van der Waals surface area contributed by atoms with E-state index in [2.05, 4.69) is 22.2 Å². The molecule has 3 aromatic rings. The number of nitrogens with two attached hydrogens (primary N) is 1. The second kappa shape index (κ2) is 8.28. The van der Waals surface area contributed by atoms with Gasteiger partial charge >= 0.3 is 0 Å². The van der Waals surface area contributed by atoms with Gasteiger partial charge in [0.25, 0.3) is 0 Å². The fourth-order valence-corrected chi connectivity index (χ4v) is 2.81. The molecule has 0 saturated carbocycles. The van der Waals surface area contributed by atoms with Crippen molar-refractivity contribution in [3.63, 3.8) is 0 Å². The van der Waals surface area contributed by atoms with Crippen LogP contribution >= 0.6 is 0 Å². The Morgan fingerprint density at radius 3 is 2.57 bits per heavy atom. The smallest absolute Gasteiger partial charge is 0.250 e. The van der Waals surface area contributed by atoms with Crippen molar-refractivity contribution in [2.24, 2.45) is 5.73 Å². The van der Waals surface area contributed by atoms with Crippen molar-refractivity contribution in [3.8, 4) is 11.5 Å². The minimum absolute atomic E-state index is 0.00737. The quantitative estimate of drug-likeness (QED) is 0.448. The van der Waals surface area contributed by atoms with Crippen LogP contribution in [0.2, 0.25) is 0 Å². The highest BCUT2D eigenvalue weighted by Crippen LogP contribution is 2.33. The van der Waals surface area contributed by atoms with Crippen LogP contribution in [0.4, 0.5) is 11.5 Å². The third kappa shape index (κ3) is 4.13. The van der Waals surface area contributed by atoms with Gasteiger partial charge in [-0.25, -0.2) is 0 Å². The van der Waals surface area contributed by atoms with Gasteiger partial charge in [0.1, 0.15) is 23.9 Å². The Balaban J connectivity index is 1.80. The number of nitrogens with one attached hydrogen (secondary N) is 3. The van der Waals surface area contributed by atoms with Gasteiger partial charge in [-0.15, -0.1) is 0 Å². The molecule has 5 N–H and O–H groups in total. The number of fused-ring (bicyclic) bond motifs is 1. The number of anilines is 2. The first-order valence-corrected chi connectivity index (χ1v) is 8.39. The average molecular weight is 380 g/mol. The van der Waals surface area contributed by atoms with Gasteiger partial charge < -0.3 is 30.8 Å². The Hall–Kier alpha value is -3.78. The van der Waals surface area contributed by atoms with Gasteiger partial charge in [-0.05, 0) is 36.4 Å². The molecule has 0 radical (unpaired) electrons. The highest BCUT2D eigenvalue weighted by atomic mass is 16.5. The summed E-state index contributed by atoms with van der Waals surface area (Å²) in [5.41, 5.74) is 8.22. The summed E-state index contributed by atoms with van der Waals surface area (Å²) in [6.07, 6.45) is 0.571. The van der Waals surface area contributed by atoms with Crippen LogP contribution in [0, 0.1) is 0 Å². The summed E-state index contributed by atoms with van der Waals surface area (Å²) in [6, 6.07) is 12.4. The molecule has 0 bridgehead atoms. The molecule has 28 heavy (non-hydrogen) atoms.